The van der Waals surface area contributed by atoms with E-state index in [2.05, 4.69) is 10.3 Å². The average molecular weight is 394 g/mol. The topological polar surface area (TPSA) is 51.2 Å². The van der Waals surface area contributed by atoms with E-state index < -0.39 is 11.2 Å². The molecule has 4 nitrogen and oxygen atoms in total. The molecule has 1 amide bonds. The number of pyridine rings is 1. The summed E-state index contributed by atoms with van der Waals surface area (Å²) in [6, 6.07) is 14.1. The zero-order valence-corrected chi connectivity index (χ0v) is 15.7. The second-order valence-electron chi connectivity index (χ2n) is 7.18. The van der Waals surface area contributed by atoms with Crippen molar-refractivity contribution in [2.24, 2.45) is 0 Å². The van der Waals surface area contributed by atoms with Gasteiger partial charge in [-0.1, -0.05) is 24.6 Å². The van der Waals surface area contributed by atoms with Crippen LogP contribution in [-0.4, -0.2) is 10.9 Å². The van der Waals surface area contributed by atoms with Crippen LogP contribution < -0.4 is 10.1 Å². The number of carbonyl (C=O) groups is 1. The summed E-state index contributed by atoms with van der Waals surface area (Å²) in [5.41, 5.74) is 0.812. The van der Waals surface area contributed by atoms with Gasteiger partial charge in [0.1, 0.15) is 11.6 Å². The van der Waals surface area contributed by atoms with Crippen LogP contribution >= 0.6 is 0 Å². The molecule has 1 heterocycles. The average Bonchev–Trinajstić information content (AvgIpc) is 2.70. The third kappa shape index (κ3) is 3.97. The SMILES string of the molecule is O=C(NCc1ccc(Oc2cccnc2)c(F)c1)C1(c2ccc(F)cc2)CCC1. The lowest BCUT2D eigenvalue weighted by Crippen LogP contribution is -2.49. The molecule has 148 valence electrons. The van der Waals surface area contributed by atoms with Crippen molar-refractivity contribution in [3.63, 3.8) is 0 Å². The van der Waals surface area contributed by atoms with Gasteiger partial charge in [0.25, 0.3) is 0 Å². The van der Waals surface area contributed by atoms with Crippen molar-refractivity contribution in [3.05, 3.63) is 89.8 Å². The number of hydrogen-bond donors (Lipinski definition) is 1. The Morgan fingerprint density at radius 2 is 1.90 bits per heavy atom. The highest BCUT2D eigenvalue weighted by Gasteiger charge is 2.45. The van der Waals surface area contributed by atoms with E-state index >= 15 is 0 Å². The highest BCUT2D eigenvalue weighted by molar-refractivity contribution is 5.89. The highest BCUT2D eigenvalue weighted by Crippen LogP contribution is 2.44. The lowest BCUT2D eigenvalue weighted by atomic mass is 9.64. The quantitative estimate of drug-likeness (QED) is 0.648. The molecule has 0 radical (unpaired) electrons. The van der Waals surface area contributed by atoms with E-state index in [1.807, 2.05) is 0 Å². The molecule has 0 aliphatic heterocycles. The molecule has 6 heteroatoms. The van der Waals surface area contributed by atoms with Crippen molar-refractivity contribution >= 4 is 5.91 Å². The van der Waals surface area contributed by atoms with Gasteiger partial charge in [-0.25, -0.2) is 8.78 Å². The van der Waals surface area contributed by atoms with Crippen LogP contribution in [0.4, 0.5) is 8.78 Å². The minimum atomic E-state index is -0.629. The molecule has 0 atom stereocenters. The van der Waals surface area contributed by atoms with Crippen LogP contribution in [0.25, 0.3) is 0 Å². The van der Waals surface area contributed by atoms with Crippen LogP contribution in [0, 0.1) is 11.6 Å². The molecule has 0 bridgehead atoms. The van der Waals surface area contributed by atoms with Crippen molar-refractivity contribution in [3.8, 4) is 11.5 Å². The first-order valence-electron chi connectivity index (χ1n) is 9.47. The summed E-state index contributed by atoms with van der Waals surface area (Å²) in [6.45, 7) is 0.200. The lowest BCUT2D eigenvalue weighted by Gasteiger charge is -2.40. The summed E-state index contributed by atoms with van der Waals surface area (Å²) < 4.78 is 33.1. The molecule has 1 saturated carbocycles. The molecule has 2 aromatic carbocycles. The molecule has 4 rings (SSSR count). The van der Waals surface area contributed by atoms with Gasteiger partial charge >= 0.3 is 0 Å². The number of carbonyl (C=O) groups excluding carboxylic acids is 1. The second kappa shape index (κ2) is 7.99. The monoisotopic (exact) mass is 394 g/mol. The Morgan fingerprint density at radius 3 is 2.52 bits per heavy atom. The molecule has 0 unspecified atom stereocenters. The molecular formula is C23H20F2N2O2. The third-order valence-corrected chi connectivity index (χ3v) is 5.35. The van der Waals surface area contributed by atoms with Gasteiger partial charge in [0.15, 0.2) is 11.6 Å². The van der Waals surface area contributed by atoms with E-state index in [1.54, 1.807) is 36.5 Å². The largest absolute Gasteiger partial charge is 0.453 e. The Hall–Kier alpha value is -3.28. The number of halogens is 2. The predicted octanol–water partition coefficient (Wildman–Crippen LogP) is 4.89. The van der Waals surface area contributed by atoms with Crippen LogP contribution in [0.3, 0.4) is 0 Å². The molecule has 0 saturated heterocycles. The summed E-state index contributed by atoms with van der Waals surface area (Å²) in [5.74, 6) is -0.426. The normalized spacial score (nSPS) is 14.7. The minimum Gasteiger partial charge on any atom is -0.453 e. The minimum absolute atomic E-state index is 0.0925. The number of aromatic nitrogens is 1. The van der Waals surface area contributed by atoms with E-state index in [-0.39, 0.29) is 24.0 Å². The van der Waals surface area contributed by atoms with Gasteiger partial charge in [-0.15, -0.1) is 0 Å². The molecule has 1 fully saturated rings. The van der Waals surface area contributed by atoms with E-state index in [4.69, 9.17) is 4.74 Å². The van der Waals surface area contributed by atoms with Crippen molar-refractivity contribution in [1.82, 2.24) is 10.3 Å². The van der Waals surface area contributed by atoms with Crippen molar-refractivity contribution in [2.45, 2.75) is 31.2 Å². The predicted molar refractivity (Wildman–Crippen MR) is 104 cm³/mol. The Kier molecular flexibility index (Phi) is 5.25. The summed E-state index contributed by atoms with van der Waals surface area (Å²) in [4.78, 5) is 16.8. The van der Waals surface area contributed by atoms with Gasteiger partial charge in [-0.2, -0.15) is 0 Å². The fourth-order valence-corrected chi connectivity index (χ4v) is 3.57. The highest BCUT2D eigenvalue weighted by atomic mass is 19.1. The zero-order valence-electron chi connectivity index (χ0n) is 15.7. The Bertz CT molecular complexity index is 1000. The van der Waals surface area contributed by atoms with Crippen LogP contribution in [0.5, 0.6) is 11.5 Å². The number of rotatable bonds is 6. The van der Waals surface area contributed by atoms with E-state index in [9.17, 15) is 13.6 Å². The van der Waals surface area contributed by atoms with Gasteiger partial charge in [-0.05, 0) is 60.4 Å². The maximum Gasteiger partial charge on any atom is 0.230 e. The van der Waals surface area contributed by atoms with Crippen LogP contribution in [-0.2, 0) is 16.8 Å². The van der Waals surface area contributed by atoms with Crippen LogP contribution in [0.2, 0.25) is 0 Å². The zero-order chi connectivity index (χ0) is 20.3. The lowest BCUT2D eigenvalue weighted by molar-refractivity contribution is -0.130. The molecule has 1 aliphatic rings. The van der Waals surface area contributed by atoms with Crippen LogP contribution in [0.15, 0.2) is 67.0 Å². The van der Waals surface area contributed by atoms with Crippen molar-refractivity contribution in [1.29, 1.82) is 0 Å². The number of benzene rings is 2. The molecule has 0 spiro atoms. The number of hydrogen-bond acceptors (Lipinski definition) is 3. The first-order valence-corrected chi connectivity index (χ1v) is 9.47. The maximum atomic E-state index is 14.4. The number of amides is 1. The van der Waals surface area contributed by atoms with Gasteiger partial charge in [-0.3, -0.25) is 9.78 Å². The Balaban J connectivity index is 1.42. The number of ether oxygens (including phenoxy) is 1. The summed E-state index contributed by atoms with van der Waals surface area (Å²) in [7, 11) is 0. The first-order chi connectivity index (χ1) is 14.1. The molecule has 3 aromatic rings. The standard InChI is InChI=1S/C23H20F2N2O2/c24-18-7-5-17(6-8-18)23(10-2-11-23)22(28)27-14-16-4-9-21(20(25)13-16)29-19-3-1-12-26-15-19/h1,3-9,12-13,15H,2,10-11,14H2,(H,27,28). The van der Waals surface area contributed by atoms with E-state index in [0.717, 1.165) is 24.8 Å². The van der Waals surface area contributed by atoms with Gasteiger partial charge in [0.05, 0.1) is 11.6 Å². The Morgan fingerprint density at radius 1 is 1.10 bits per heavy atom. The number of nitrogens with one attached hydrogen (secondary N) is 1. The molecular weight excluding hydrogens is 374 g/mol. The van der Waals surface area contributed by atoms with Crippen molar-refractivity contribution in [2.75, 3.05) is 0 Å². The molecule has 1 aliphatic carbocycles. The van der Waals surface area contributed by atoms with Gasteiger partial charge in [0, 0.05) is 12.7 Å². The van der Waals surface area contributed by atoms with Gasteiger partial charge < -0.3 is 10.1 Å². The Labute approximate surface area is 167 Å². The summed E-state index contributed by atoms with van der Waals surface area (Å²) in [6.07, 6.45) is 5.49. The second-order valence-corrected chi connectivity index (χ2v) is 7.18. The third-order valence-electron chi connectivity index (χ3n) is 5.35. The molecule has 29 heavy (non-hydrogen) atoms. The fourth-order valence-electron chi connectivity index (χ4n) is 3.57. The first kappa shape index (κ1) is 19.1. The van der Waals surface area contributed by atoms with Crippen molar-refractivity contribution < 1.29 is 18.3 Å². The smallest absolute Gasteiger partial charge is 0.230 e. The number of nitrogens with zero attached hydrogens (tertiary/aromatic N) is 1. The van der Waals surface area contributed by atoms with E-state index in [0.29, 0.717) is 11.3 Å². The molecule has 1 N–H and O–H groups in total. The van der Waals surface area contributed by atoms with Gasteiger partial charge in [0.2, 0.25) is 5.91 Å². The van der Waals surface area contributed by atoms with Crippen LogP contribution in [0.1, 0.15) is 30.4 Å². The molecule has 1 aromatic heterocycles. The van der Waals surface area contributed by atoms with E-state index in [1.165, 1.54) is 30.5 Å². The maximum absolute atomic E-state index is 14.4. The summed E-state index contributed by atoms with van der Waals surface area (Å²) >= 11 is 0. The summed E-state index contributed by atoms with van der Waals surface area (Å²) in [5, 5.41) is 2.90. The fraction of sp³-hybridized carbons (Fsp3) is 0.217.